The van der Waals surface area contributed by atoms with Crippen LogP contribution in [-0.4, -0.2) is 42.4 Å². The van der Waals surface area contributed by atoms with Gasteiger partial charge in [-0.3, -0.25) is 4.90 Å². The van der Waals surface area contributed by atoms with Gasteiger partial charge in [0.25, 0.3) is 0 Å². The zero-order valence-electron chi connectivity index (χ0n) is 19.4. The Hall–Kier alpha value is -2.86. The summed E-state index contributed by atoms with van der Waals surface area (Å²) in [5.41, 5.74) is 3.78. The number of fused-ring (bicyclic) bond motifs is 4. The Kier molecular flexibility index (Phi) is 6.86. The van der Waals surface area contributed by atoms with E-state index < -0.39 is 0 Å². The van der Waals surface area contributed by atoms with Crippen LogP contribution in [0.15, 0.2) is 78.9 Å². The molecule has 4 aliphatic rings. The third-order valence-electron chi connectivity index (χ3n) is 7.47. The average Bonchev–Trinajstić information content (AvgIpc) is 3.35. The van der Waals surface area contributed by atoms with Crippen LogP contribution in [0.4, 0.5) is 0 Å². The number of piperidine rings is 2. The van der Waals surface area contributed by atoms with Gasteiger partial charge in [0.05, 0.1) is 6.10 Å². The highest BCUT2D eigenvalue weighted by Gasteiger charge is 2.42. The second kappa shape index (κ2) is 10.2. The largest absolute Gasteiger partial charge is 0.454 e. The van der Waals surface area contributed by atoms with Crippen molar-refractivity contribution in [2.24, 2.45) is 5.92 Å². The van der Waals surface area contributed by atoms with Gasteiger partial charge >= 0.3 is 0 Å². The number of rotatable bonds is 7. The lowest BCUT2D eigenvalue weighted by molar-refractivity contribution is -0.110. The average molecular weight is 460 g/mol. The molecule has 3 heterocycles. The molecule has 3 atom stereocenters. The molecule has 0 aromatic heterocycles. The minimum atomic E-state index is -0.0209. The molecule has 34 heavy (non-hydrogen) atoms. The molecule has 2 bridgehead atoms. The van der Waals surface area contributed by atoms with Crippen molar-refractivity contribution in [1.29, 1.82) is 0 Å². The molecule has 0 radical (unpaired) electrons. The lowest BCUT2D eigenvalue weighted by Crippen LogP contribution is -2.57. The standard InChI is InChI=1S/C29H31NO3.H2O/c1-3-7-23(8-4-1)29(24-9-5-2-6-10-24)33-27-18-22-11-13-25(27)30(19-22)16-15-21-12-14-26-28(17-21)32-20-31-26;/h1-10,12,14,17,22,25,27,29H,11,13,15-16,18-20H2;1H2. The number of ether oxygens (including phenoxy) is 3. The molecule has 3 unspecified atom stereocenters. The fourth-order valence-electron chi connectivity index (χ4n) is 5.80. The van der Waals surface area contributed by atoms with Crippen molar-refractivity contribution in [2.75, 3.05) is 19.9 Å². The maximum Gasteiger partial charge on any atom is 0.231 e. The van der Waals surface area contributed by atoms with Crippen molar-refractivity contribution < 1.29 is 19.7 Å². The molecule has 5 nitrogen and oxygen atoms in total. The molecule has 3 aromatic rings. The van der Waals surface area contributed by atoms with Gasteiger partial charge in [-0.15, -0.1) is 0 Å². The number of benzene rings is 3. The Labute approximate surface area is 201 Å². The predicted molar refractivity (Wildman–Crippen MR) is 132 cm³/mol. The van der Waals surface area contributed by atoms with Gasteiger partial charge in [-0.2, -0.15) is 0 Å². The van der Waals surface area contributed by atoms with E-state index in [1.807, 2.05) is 6.07 Å². The molecule has 2 N–H and O–H groups in total. The molecular formula is C29H33NO4. The van der Waals surface area contributed by atoms with Gasteiger partial charge in [-0.1, -0.05) is 66.7 Å². The van der Waals surface area contributed by atoms with E-state index in [0.717, 1.165) is 30.4 Å². The maximum absolute atomic E-state index is 6.96. The van der Waals surface area contributed by atoms with Crippen molar-refractivity contribution in [3.8, 4) is 11.5 Å². The van der Waals surface area contributed by atoms with Crippen LogP contribution in [0.25, 0.3) is 0 Å². The highest BCUT2D eigenvalue weighted by molar-refractivity contribution is 5.44. The molecule has 2 saturated heterocycles. The van der Waals surface area contributed by atoms with Crippen LogP contribution in [0.1, 0.15) is 42.1 Å². The highest BCUT2D eigenvalue weighted by Crippen LogP contribution is 2.40. The van der Waals surface area contributed by atoms with Crippen LogP contribution < -0.4 is 9.47 Å². The van der Waals surface area contributed by atoms with Crippen LogP contribution in [0.2, 0.25) is 0 Å². The normalized spacial score (nSPS) is 23.1. The Bertz CT molecular complexity index is 1030. The van der Waals surface area contributed by atoms with E-state index in [1.165, 1.54) is 42.5 Å². The fraction of sp³-hybridized carbons (Fsp3) is 0.379. The van der Waals surface area contributed by atoms with Crippen LogP contribution in [0.3, 0.4) is 0 Å². The third-order valence-corrected chi connectivity index (χ3v) is 7.47. The summed E-state index contributed by atoms with van der Waals surface area (Å²) in [7, 11) is 0. The van der Waals surface area contributed by atoms with Gasteiger partial charge in [-0.05, 0) is 60.4 Å². The van der Waals surface area contributed by atoms with Crippen molar-refractivity contribution in [1.82, 2.24) is 4.90 Å². The number of hydrogen-bond acceptors (Lipinski definition) is 4. The molecule has 178 valence electrons. The smallest absolute Gasteiger partial charge is 0.231 e. The van der Waals surface area contributed by atoms with Crippen LogP contribution in [0, 0.1) is 5.92 Å². The molecule has 1 aliphatic carbocycles. The van der Waals surface area contributed by atoms with Gasteiger partial charge in [0, 0.05) is 19.1 Å². The molecular weight excluding hydrogens is 426 g/mol. The third kappa shape index (κ3) is 4.69. The van der Waals surface area contributed by atoms with E-state index in [1.54, 1.807) is 0 Å². The maximum atomic E-state index is 6.96. The van der Waals surface area contributed by atoms with Crippen LogP contribution in [0.5, 0.6) is 11.5 Å². The zero-order chi connectivity index (χ0) is 22.0. The first kappa shape index (κ1) is 22.9. The minimum Gasteiger partial charge on any atom is -0.454 e. The van der Waals surface area contributed by atoms with Crippen molar-refractivity contribution in [2.45, 2.75) is 43.9 Å². The minimum absolute atomic E-state index is 0. The quantitative estimate of drug-likeness (QED) is 0.510. The first-order chi connectivity index (χ1) is 16.3. The summed E-state index contributed by atoms with van der Waals surface area (Å²) < 4.78 is 18.0. The van der Waals surface area contributed by atoms with Crippen molar-refractivity contribution >= 4 is 0 Å². The molecule has 0 spiro atoms. The summed E-state index contributed by atoms with van der Waals surface area (Å²) in [6.07, 6.45) is 4.99. The Morgan fingerprint density at radius 1 is 0.853 bits per heavy atom. The van der Waals surface area contributed by atoms with Crippen LogP contribution >= 0.6 is 0 Å². The Morgan fingerprint density at radius 2 is 1.56 bits per heavy atom. The predicted octanol–water partition coefficient (Wildman–Crippen LogP) is 4.79. The van der Waals surface area contributed by atoms with Crippen LogP contribution in [-0.2, 0) is 11.2 Å². The summed E-state index contributed by atoms with van der Waals surface area (Å²) in [5, 5.41) is 0. The topological polar surface area (TPSA) is 62.4 Å². The first-order valence-corrected chi connectivity index (χ1v) is 12.2. The second-order valence-electron chi connectivity index (χ2n) is 9.55. The molecule has 3 fully saturated rings. The molecule has 7 rings (SSSR count). The monoisotopic (exact) mass is 459 g/mol. The fourth-order valence-corrected chi connectivity index (χ4v) is 5.80. The van der Waals surface area contributed by atoms with E-state index >= 15 is 0 Å². The summed E-state index contributed by atoms with van der Waals surface area (Å²) >= 11 is 0. The molecule has 1 saturated carbocycles. The van der Waals surface area contributed by atoms with Gasteiger partial charge in [0.1, 0.15) is 6.10 Å². The lowest BCUT2D eigenvalue weighted by atomic mass is 9.77. The summed E-state index contributed by atoms with van der Waals surface area (Å²) in [6, 6.07) is 28.2. The van der Waals surface area contributed by atoms with Crippen molar-refractivity contribution in [3.63, 3.8) is 0 Å². The summed E-state index contributed by atoms with van der Waals surface area (Å²) in [4.78, 5) is 2.68. The SMILES string of the molecule is O.c1ccc(C(OC2CC3CCC2N(CCc2ccc4c(c2)OCO4)C3)c2ccccc2)cc1. The van der Waals surface area contributed by atoms with E-state index in [0.29, 0.717) is 12.8 Å². The van der Waals surface area contributed by atoms with Gasteiger partial charge in [0.15, 0.2) is 11.5 Å². The van der Waals surface area contributed by atoms with Gasteiger partial charge in [-0.25, -0.2) is 0 Å². The van der Waals surface area contributed by atoms with Gasteiger partial charge < -0.3 is 19.7 Å². The number of hydrogen-bond donors (Lipinski definition) is 0. The van der Waals surface area contributed by atoms with E-state index in [2.05, 4.69) is 77.7 Å². The van der Waals surface area contributed by atoms with E-state index in [4.69, 9.17) is 14.2 Å². The van der Waals surface area contributed by atoms with Crippen molar-refractivity contribution in [3.05, 3.63) is 95.6 Å². The molecule has 5 heteroatoms. The Balaban J connectivity index is 0.00000241. The van der Waals surface area contributed by atoms with Gasteiger partial charge in [0.2, 0.25) is 6.79 Å². The Morgan fingerprint density at radius 3 is 2.26 bits per heavy atom. The lowest BCUT2D eigenvalue weighted by Gasteiger charge is -2.50. The molecule has 3 aromatic carbocycles. The highest BCUT2D eigenvalue weighted by atomic mass is 16.7. The summed E-state index contributed by atoms with van der Waals surface area (Å²) in [6.45, 7) is 2.58. The molecule has 0 amide bonds. The zero-order valence-corrected chi connectivity index (χ0v) is 19.4. The summed E-state index contributed by atoms with van der Waals surface area (Å²) in [5.74, 6) is 2.46. The molecule has 3 aliphatic heterocycles. The van der Waals surface area contributed by atoms with E-state index in [9.17, 15) is 0 Å². The first-order valence-electron chi connectivity index (χ1n) is 12.2. The van der Waals surface area contributed by atoms with E-state index in [-0.39, 0.29) is 17.7 Å². The second-order valence-corrected chi connectivity index (χ2v) is 9.55. The number of nitrogens with zero attached hydrogens (tertiary/aromatic N) is 1.